The van der Waals surface area contributed by atoms with Gasteiger partial charge in [0.15, 0.2) is 0 Å². The van der Waals surface area contributed by atoms with Crippen LogP contribution in [0.15, 0.2) is 42.7 Å². The normalized spacial score (nSPS) is 24.3. The van der Waals surface area contributed by atoms with Crippen LogP contribution in [-0.2, 0) is 17.8 Å². The number of fused-ring (bicyclic) bond motifs is 3. The van der Waals surface area contributed by atoms with E-state index in [2.05, 4.69) is 33.3 Å². The molecule has 0 bridgehead atoms. The van der Waals surface area contributed by atoms with Gasteiger partial charge in [-0.05, 0) is 47.7 Å². The van der Waals surface area contributed by atoms with E-state index in [4.69, 9.17) is 4.74 Å². The van der Waals surface area contributed by atoms with Crippen LogP contribution in [0.3, 0.4) is 0 Å². The predicted octanol–water partition coefficient (Wildman–Crippen LogP) is 1.49. The molecule has 1 saturated heterocycles. The summed E-state index contributed by atoms with van der Waals surface area (Å²) in [6, 6.07) is 9.96. The molecule has 2 heterocycles. The topological polar surface area (TPSA) is 75.3 Å². The van der Waals surface area contributed by atoms with Crippen LogP contribution in [0.5, 0.6) is 5.75 Å². The van der Waals surface area contributed by atoms with Gasteiger partial charge in [0.1, 0.15) is 11.8 Å². The van der Waals surface area contributed by atoms with Gasteiger partial charge >= 0.3 is 0 Å². The van der Waals surface area contributed by atoms with E-state index < -0.39 is 0 Å². The molecule has 2 aliphatic rings. The minimum atomic E-state index is -0.225. The number of aromatic nitrogens is 1. The summed E-state index contributed by atoms with van der Waals surface area (Å²) in [6.07, 6.45) is 5.43. The van der Waals surface area contributed by atoms with Gasteiger partial charge < -0.3 is 10.1 Å². The molecule has 3 N–H and O–H groups in total. The molecule has 130 valence electrons. The van der Waals surface area contributed by atoms with Gasteiger partial charge in [0.2, 0.25) is 5.91 Å². The molecule has 1 aromatic heterocycles. The van der Waals surface area contributed by atoms with Crippen molar-refractivity contribution in [1.29, 1.82) is 0 Å². The maximum Gasteiger partial charge on any atom is 0.239 e. The highest BCUT2D eigenvalue weighted by atomic mass is 16.5. The minimum absolute atomic E-state index is 0.0285. The molecule has 0 spiro atoms. The molecule has 2 aromatic rings. The molecule has 0 radical (unpaired) electrons. The Morgan fingerprint density at radius 2 is 2.28 bits per heavy atom. The SMILES string of the molecule is COc1ccc2c(c1)CCC1C(C(=O)NCc3cccnc3)NNC21. The van der Waals surface area contributed by atoms with Crippen LogP contribution in [-0.4, -0.2) is 24.0 Å². The van der Waals surface area contributed by atoms with Gasteiger partial charge in [0, 0.05) is 24.9 Å². The molecule has 1 aliphatic heterocycles. The van der Waals surface area contributed by atoms with Crippen molar-refractivity contribution in [2.24, 2.45) is 5.92 Å². The lowest BCUT2D eigenvalue weighted by molar-refractivity contribution is -0.124. The number of rotatable bonds is 4. The van der Waals surface area contributed by atoms with Crippen molar-refractivity contribution in [3.8, 4) is 5.75 Å². The smallest absolute Gasteiger partial charge is 0.239 e. The average Bonchev–Trinajstić information content (AvgIpc) is 3.11. The number of carbonyl (C=O) groups excluding carboxylic acids is 1. The van der Waals surface area contributed by atoms with E-state index >= 15 is 0 Å². The third kappa shape index (κ3) is 3.10. The maximum atomic E-state index is 12.6. The highest BCUT2D eigenvalue weighted by molar-refractivity contribution is 5.82. The van der Waals surface area contributed by atoms with Gasteiger partial charge in [-0.25, -0.2) is 10.9 Å². The first-order valence-corrected chi connectivity index (χ1v) is 8.61. The van der Waals surface area contributed by atoms with Crippen LogP contribution in [0, 0.1) is 5.92 Å². The molecule has 3 unspecified atom stereocenters. The summed E-state index contributed by atoms with van der Waals surface area (Å²) in [7, 11) is 1.69. The number of ether oxygens (including phenoxy) is 1. The lowest BCUT2D eigenvalue weighted by Crippen LogP contribution is -2.45. The number of benzene rings is 1. The van der Waals surface area contributed by atoms with Crippen molar-refractivity contribution in [1.82, 2.24) is 21.2 Å². The minimum Gasteiger partial charge on any atom is -0.497 e. The van der Waals surface area contributed by atoms with E-state index in [0.29, 0.717) is 6.54 Å². The first-order chi connectivity index (χ1) is 12.3. The first-order valence-electron chi connectivity index (χ1n) is 8.61. The Balaban J connectivity index is 1.45. The van der Waals surface area contributed by atoms with Crippen LogP contribution in [0.25, 0.3) is 0 Å². The van der Waals surface area contributed by atoms with Crippen molar-refractivity contribution < 1.29 is 9.53 Å². The molecule has 6 nitrogen and oxygen atoms in total. The Kier molecular flexibility index (Phi) is 4.38. The summed E-state index contributed by atoms with van der Waals surface area (Å²) in [4.78, 5) is 16.7. The Labute approximate surface area is 147 Å². The summed E-state index contributed by atoms with van der Waals surface area (Å²) < 4.78 is 5.32. The molecule has 3 atom stereocenters. The number of methoxy groups -OCH3 is 1. The van der Waals surface area contributed by atoms with Gasteiger partial charge in [0.25, 0.3) is 0 Å². The number of aryl methyl sites for hydroxylation is 1. The fourth-order valence-electron chi connectivity index (χ4n) is 3.84. The summed E-state index contributed by atoms with van der Waals surface area (Å²) >= 11 is 0. The highest BCUT2D eigenvalue weighted by Crippen LogP contribution is 2.40. The fourth-order valence-corrected chi connectivity index (χ4v) is 3.84. The molecule has 4 rings (SSSR count). The number of nitrogens with one attached hydrogen (secondary N) is 3. The van der Waals surface area contributed by atoms with Crippen molar-refractivity contribution in [2.45, 2.75) is 31.5 Å². The summed E-state index contributed by atoms with van der Waals surface area (Å²) in [5.74, 6) is 1.16. The molecule has 25 heavy (non-hydrogen) atoms. The third-order valence-corrected chi connectivity index (χ3v) is 5.15. The molecule has 6 heteroatoms. The molecule has 1 aromatic carbocycles. The van der Waals surface area contributed by atoms with E-state index in [1.54, 1.807) is 19.5 Å². The van der Waals surface area contributed by atoms with Crippen LogP contribution >= 0.6 is 0 Å². The van der Waals surface area contributed by atoms with Crippen molar-refractivity contribution >= 4 is 5.91 Å². The number of amides is 1. The van der Waals surface area contributed by atoms with Gasteiger partial charge in [-0.15, -0.1) is 0 Å². The number of carbonyl (C=O) groups is 1. The molecule has 0 saturated carbocycles. The molecular weight excluding hydrogens is 316 g/mol. The van der Waals surface area contributed by atoms with E-state index in [0.717, 1.165) is 24.2 Å². The van der Waals surface area contributed by atoms with Crippen molar-refractivity contribution in [2.75, 3.05) is 7.11 Å². The van der Waals surface area contributed by atoms with Crippen LogP contribution in [0.2, 0.25) is 0 Å². The summed E-state index contributed by atoms with van der Waals surface area (Å²) in [6.45, 7) is 0.496. The largest absolute Gasteiger partial charge is 0.497 e. The predicted molar refractivity (Wildman–Crippen MR) is 93.7 cm³/mol. The van der Waals surface area contributed by atoms with Crippen LogP contribution in [0.1, 0.15) is 29.2 Å². The second kappa shape index (κ2) is 6.82. The molecular formula is C19H22N4O2. The van der Waals surface area contributed by atoms with Gasteiger partial charge in [-0.1, -0.05) is 12.1 Å². The Bertz CT molecular complexity index is 765. The lowest BCUT2D eigenvalue weighted by atomic mass is 9.77. The van der Waals surface area contributed by atoms with E-state index in [1.165, 1.54) is 11.1 Å². The van der Waals surface area contributed by atoms with Gasteiger partial charge in [-0.2, -0.15) is 0 Å². The number of nitrogens with zero attached hydrogens (tertiary/aromatic N) is 1. The van der Waals surface area contributed by atoms with Gasteiger partial charge in [-0.3, -0.25) is 9.78 Å². The summed E-state index contributed by atoms with van der Waals surface area (Å²) in [5, 5.41) is 3.01. The Hall–Kier alpha value is -2.44. The second-order valence-electron chi connectivity index (χ2n) is 6.59. The fraction of sp³-hybridized carbons (Fsp3) is 0.368. The lowest BCUT2D eigenvalue weighted by Gasteiger charge is -2.29. The summed E-state index contributed by atoms with van der Waals surface area (Å²) in [5.41, 5.74) is 10.1. The van der Waals surface area contributed by atoms with Crippen molar-refractivity contribution in [3.63, 3.8) is 0 Å². The first kappa shape index (κ1) is 16.1. The Morgan fingerprint density at radius 3 is 3.08 bits per heavy atom. The zero-order chi connectivity index (χ0) is 17.2. The van der Waals surface area contributed by atoms with Crippen LogP contribution in [0.4, 0.5) is 0 Å². The monoisotopic (exact) mass is 338 g/mol. The molecule has 1 amide bonds. The quantitative estimate of drug-likeness (QED) is 0.787. The zero-order valence-corrected chi connectivity index (χ0v) is 14.2. The zero-order valence-electron chi connectivity index (χ0n) is 14.2. The standard InChI is InChI=1S/C19H22N4O2/c1-25-14-5-7-15-13(9-14)4-6-16-17(15)22-23-18(16)19(24)21-11-12-3-2-8-20-10-12/h2-3,5,7-10,16-18,22-23H,4,6,11H2,1H3,(H,21,24). The number of hydrazine groups is 1. The second-order valence-corrected chi connectivity index (χ2v) is 6.59. The molecule has 1 fully saturated rings. The average molecular weight is 338 g/mol. The number of hydrogen-bond donors (Lipinski definition) is 3. The van der Waals surface area contributed by atoms with Crippen molar-refractivity contribution in [3.05, 3.63) is 59.4 Å². The van der Waals surface area contributed by atoms with Gasteiger partial charge in [0.05, 0.1) is 13.2 Å². The van der Waals surface area contributed by atoms with E-state index in [9.17, 15) is 4.79 Å². The maximum absolute atomic E-state index is 12.6. The third-order valence-electron chi connectivity index (χ3n) is 5.15. The Morgan fingerprint density at radius 1 is 1.36 bits per heavy atom. The highest BCUT2D eigenvalue weighted by Gasteiger charge is 2.43. The van der Waals surface area contributed by atoms with E-state index in [-0.39, 0.29) is 23.9 Å². The van der Waals surface area contributed by atoms with Crippen LogP contribution < -0.4 is 20.9 Å². The van der Waals surface area contributed by atoms with E-state index in [1.807, 2.05) is 18.2 Å². The number of hydrogen-bond acceptors (Lipinski definition) is 5. The molecule has 1 aliphatic carbocycles. The number of pyridine rings is 1.